The Kier molecular flexibility index (Phi) is 8.02. The zero-order valence-corrected chi connectivity index (χ0v) is 10.4. The highest BCUT2D eigenvalue weighted by Gasteiger charge is 2.17. The van der Waals surface area contributed by atoms with Crippen molar-refractivity contribution in [2.45, 2.75) is 52.7 Å². The molecule has 2 unspecified atom stereocenters. The lowest BCUT2D eigenvalue weighted by molar-refractivity contribution is -0.0459. The van der Waals surface area contributed by atoms with E-state index in [0.29, 0.717) is 24.9 Å². The van der Waals surface area contributed by atoms with Gasteiger partial charge in [0.2, 0.25) is 0 Å². The lowest BCUT2D eigenvalue weighted by Gasteiger charge is -2.19. The second kappa shape index (κ2) is 8.08. The van der Waals surface area contributed by atoms with E-state index in [1.54, 1.807) is 0 Å². The molecule has 0 aliphatic rings. The summed E-state index contributed by atoms with van der Waals surface area (Å²) in [7, 11) is 0. The predicted molar refractivity (Wildman–Crippen MR) is 61.7 cm³/mol. The molecule has 0 aliphatic carbocycles. The van der Waals surface area contributed by atoms with Crippen LogP contribution >= 0.6 is 0 Å². The lowest BCUT2D eigenvalue weighted by Crippen LogP contribution is -2.31. The van der Waals surface area contributed by atoms with Crippen LogP contribution in [0.4, 0.5) is 0 Å². The molecule has 3 nitrogen and oxygen atoms in total. The van der Waals surface area contributed by atoms with Crippen LogP contribution in [0.25, 0.3) is 0 Å². The molecule has 0 radical (unpaired) electrons. The summed E-state index contributed by atoms with van der Waals surface area (Å²) >= 11 is 0. The number of aliphatic hydroxyl groups is 2. The molecule has 0 heterocycles. The quantitative estimate of drug-likeness (QED) is 0.611. The van der Waals surface area contributed by atoms with Gasteiger partial charge < -0.3 is 14.9 Å². The standard InChI is InChI=1S/C12H26O3/c1-9(2)5-6-15-8-12(14)11(13)7-10(3)4/h9-14H,5-8H2,1-4H3. The van der Waals surface area contributed by atoms with Gasteiger partial charge in [-0.05, 0) is 24.7 Å². The van der Waals surface area contributed by atoms with Gasteiger partial charge in [-0.1, -0.05) is 27.7 Å². The van der Waals surface area contributed by atoms with Crippen molar-refractivity contribution in [1.82, 2.24) is 0 Å². The molecule has 3 heteroatoms. The summed E-state index contributed by atoms with van der Waals surface area (Å²) in [5.74, 6) is 1.01. The molecule has 0 aromatic carbocycles. The van der Waals surface area contributed by atoms with Gasteiger partial charge in [0.05, 0.1) is 12.7 Å². The third-order valence-electron chi connectivity index (χ3n) is 2.29. The summed E-state index contributed by atoms with van der Waals surface area (Å²) in [5, 5.41) is 19.1. The van der Waals surface area contributed by atoms with E-state index in [1.165, 1.54) is 0 Å². The summed E-state index contributed by atoms with van der Waals surface area (Å²) < 4.78 is 5.30. The first-order valence-electron chi connectivity index (χ1n) is 5.87. The molecule has 0 spiro atoms. The fourth-order valence-corrected chi connectivity index (χ4v) is 1.27. The largest absolute Gasteiger partial charge is 0.390 e. The maximum Gasteiger partial charge on any atom is 0.103 e. The SMILES string of the molecule is CC(C)CCOCC(O)C(O)CC(C)C. The minimum absolute atomic E-state index is 0.237. The fraction of sp³-hybridized carbons (Fsp3) is 1.00. The minimum atomic E-state index is -0.750. The first kappa shape index (κ1) is 14.9. The third-order valence-corrected chi connectivity index (χ3v) is 2.29. The molecule has 0 aromatic rings. The Hall–Kier alpha value is -0.120. The average Bonchev–Trinajstić information content (AvgIpc) is 2.10. The zero-order valence-electron chi connectivity index (χ0n) is 10.4. The first-order valence-corrected chi connectivity index (χ1v) is 5.87. The second-order valence-electron chi connectivity index (χ2n) is 5.02. The van der Waals surface area contributed by atoms with Crippen LogP contribution in [-0.4, -0.2) is 35.6 Å². The van der Waals surface area contributed by atoms with Crippen molar-refractivity contribution in [3.8, 4) is 0 Å². The van der Waals surface area contributed by atoms with Crippen molar-refractivity contribution in [3.63, 3.8) is 0 Å². The van der Waals surface area contributed by atoms with Crippen LogP contribution in [-0.2, 0) is 4.74 Å². The number of hydrogen-bond donors (Lipinski definition) is 2. The van der Waals surface area contributed by atoms with E-state index < -0.39 is 12.2 Å². The Morgan fingerprint density at radius 1 is 0.933 bits per heavy atom. The summed E-state index contributed by atoms with van der Waals surface area (Å²) in [6.45, 7) is 9.20. The number of aliphatic hydroxyl groups excluding tert-OH is 2. The number of rotatable bonds is 8. The average molecular weight is 218 g/mol. The van der Waals surface area contributed by atoms with Crippen molar-refractivity contribution in [3.05, 3.63) is 0 Å². The van der Waals surface area contributed by atoms with Gasteiger partial charge in [-0.25, -0.2) is 0 Å². The Morgan fingerprint density at radius 3 is 2.00 bits per heavy atom. The number of hydrogen-bond acceptors (Lipinski definition) is 3. The topological polar surface area (TPSA) is 49.7 Å². The van der Waals surface area contributed by atoms with E-state index in [9.17, 15) is 10.2 Å². The van der Waals surface area contributed by atoms with Crippen molar-refractivity contribution in [2.75, 3.05) is 13.2 Å². The van der Waals surface area contributed by atoms with Crippen LogP contribution in [0.1, 0.15) is 40.5 Å². The zero-order chi connectivity index (χ0) is 11.8. The molecule has 0 rings (SSSR count). The van der Waals surface area contributed by atoms with Gasteiger partial charge in [-0.2, -0.15) is 0 Å². The molecule has 15 heavy (non-hydrogen) atoms. The second-order valence-corrected chi connectivity index (χ2v) is 5.02. The van der Waals surface area contributed by atoms with E-state index in [1.807, 2.05) is 13.8 Å². The van der Waals surface area contributed by atoms with Gasteiger partial charge in [0.15, 0.2) is 0 Å². The van der Waals surface area contributed by atoms with E-state index in [0.717, 1.165) is 6.42 Å². The Balaban J connectivity index is 3.51. The van der Waals surface area contributed by atoms with Crippen LogP contribution in [0.2, 0.25) is 0 Å². The van der Waals surface area contributed by atoms with Gasteiger partial charge in [-0.15, -0.1) is 0 Å². The number of ether oxygens (including phenoxy) is 1. The van der Waals surface area contributed by atoms with Crippen molar-refractivity contribution in [2.24, 2.45) is 11.8 Å². The highest BCUT2D eigenvalue weighted by molar-refractivity contribution is 4.68. The molecular formula is C12H26O3. The molecule has 0 aromatic heterocycles. The maximum atomic E-state index is 9.57. The van der Waals surface area contributed by atoms with Crippen molar-refractivity contribution >= 4 is 0 Å². The Bertz CT molecular complexity index is 146. The molecule has 2 atom stereocenters. The van der Waals surface area contributed by atoms with Crippen molar-refractivity contribution < 1.29 is 14.9 Å². The van der Waals surface area contributed by atoms with Gasteiger partial charge in [-0.3, -0.25) is 0 Å². The summed E-state index contributed by atoms with van der Waals surface area (Å²) in [6, 6.07) is 0. The van der Waals surface area contributed by atoms with Crippen LogP contribution < -0.4 is 0 Å². The minimum Gasteiger partial charge on any atom is -0.390 e. The van der Waals surface area contributed by atoms with Crippen molar-refractivity contribution in [1.29, 1.82) is 0 Å². The lowest BCUT2D eigenvalue weighted by atomic mass is 10.0. The molecule has 0 fully saturated rings. The van der Waals surface area contributed by atoms with Crippen LogP contribution in [0.15, 0.2) is 0 Å². The highest BCUT2D eigenvalue weighted by atomic mass is 16.5. The summed E-state index contributed by atoms with van der Waals surface area (Å²) in [4.78, 5) is 0. The molecule has 0 saturated heterocycles. The maximum absolute atomic E-state index is 9.57. The van der Waals surface area contributed by atoms with Gasteiger partial charge in [0, 0.05) is 6.61 Å². The molecule has 0 amide bonds. The first-order chi connectivity index (χ1) is 6.93. The Morgan fingerprint density at radius 2 is 1.53 bits per heavy atom. The van der Waals surface area contributed by atoms with E-state index in [2.05, 4.69) is 13.8 Å². The van der Waals surface area contributed by atoms with Gasteiger partial charge in [0.1, 0.15) is 6.10 Å². The van der Waals surface area contributed by atoms with Crippen LogP contribution in [0, 0.1) is 11.8 Å². The normalized spacial score (nSPS) is 16.0. The molecule has 0 saturated carbocycles. The summed E-state index contributed by atoms with van der Waals surface area (Å²) in [5.41, 5.74) is 0. The van der Waals surface area contributed by atoms with E-state index >= 15 is 0 Å². The van der Waals surface area contributed by atoms with Gasteiger partial charge in [0.25, 0.3) is 0 Å². The fourth-order valence-electron chi connectivity index (χ4n) is 1.27. The van der Waals surface area contributed by atoms with Crippen LogP contribution in [0.5, 0.6) is 0 Å². The van der Waals surface area contributed by atoms with E-state index in [-0.39, 0.29) is 6.61 Å². The molecule has 92 valence electrons. The molecule has 0 bridgehead atoms. The summed E-state index contributed by atoms with van der Waals surface area (Å²) in [6.07, 6.45) is 0.199. The van der Waals surface area contributed by atoms with Crippen LogP contribution in [0.3, 0.4) is 0 Å². The van der Waals surface area contributed by atoms with Gasteiger partial charge >= 0.3 is 0 Å². The molecule has 0 aliphatic heterocycles. The third kappa shape index (κ3) is 8.85. The molecular weight excluding hydrogens is 192 g/mol. The predicted octanol–water partition coefficient (Wildman–Crippen LogP) is 1.82. The van der Waals surface area contributed by atoms with E-state index in [4.69, 9.17) is 4.74 Å². The monoisotopic (exact) mass is 218 g/mol. The highest BCUT2D eigenvalue weighted by Crippen LogP contribution is 2.08. The molecule has 2 N–H and O–H groups in total. The smallest absolute Gasteiger partial charge is 0.103 e. The Labute approximate surface area is 93.5 Å².